The lowest BCUT2D eigenvalue weighted by atomic mass is 10.0. The highest BCUT2D eigenvalue weighted by Crippen LogP contribution is 2.31. The van der Waals surface area contributed by atoms with Gasteiger partial charge in [0.2, 0.25) is 0 Å². The highest BCUT2D eigenvalue weighted by atomic mass is 16.5. The molecule has 0 spiro atoms. The van der Waals surface area contributed by atoms with Gasteiger partial charge in [0, 0.05) is 11.1 Å². The molecule has 3 nitrogen and oxygen atoms in total. The first-order valence-corrected chi connectivity index (χ1v) is 5.34. The minimum Gasteiger partial charge on any atom is -0.497 e. The van der Waals surface area contributed by atoms with Gasteiger partial charge in [0.25, 0.3) is 0 Å². The van der Waals surface area contributed by atoms with Crippen LogP contribution in [0.2, 0.25) is 0 Å². The van der Waals surface area contributed by atoms with Crippen LogP contribution in [0.4, 0.5) is 0 Å². The van der Waals surface area contributed by atoms with E-state index in [1.165, 1.54) is 6.26 Å². The molecule has 0 heterocycles. The molecule has 0 N–H and O–H groups in total. The van der Waals surface area contributed by atoms with Crippen LogP contribution >= 0.6 is 0 Å². The van der Waals surface area contributed by atoms with E-state index in [2.05, 4.69) is 13.2 Å². The smallest absolute Gasteiger partial charge is 0.126 e. The molecule has 0 aromatic heterocycles. The van der Waals surface area contributed by atoms with Crippen LogP contribution in [0.25, 0.3) is 0 Å². The molecule has 0 saturated heterocycles. The Balaban J connectivity index is 3.23. The van der Waals surface area contributed by atoms with Gasteiger partial charge in [-0.15, -0.1) is 6.58 Å². The quantitative estimate of drug-likeness (QED) is 0.536. The summed E-state index contributed by atoms with van der Waals surface area (Å²) in [7, 11) is 3.28. The number of rotatable bonds is 7. The van der Waals surface area contributed by atoms with Crippen LogP contribution in [0.15, 0.2) is 37.6 Å². The third-order valence-electron chi connectivity index (χ3n) is 2.48. The first-order chi connectivity index (χ1) is 8.28. The molecule has 1 aromatic carbocycles. The molecular weight excluding hydrogens is 216 g/mol. The predicted octanol–water partition coefficient (Wildman–Crippen LogP) is 3.09. The van der Waals surface area contributed by atoms with E-state index in [1.54, 1.807) is 14.2 Å². The van der Waals surface area contributed by atoms with Crippen LogP contribution in [0, 0.1) is 0 Å². The molecule has 0 radical (unpaired) electrons. The predicted molar refractivity (Wildman–Crippen MR) is 68.4 cm³/mol. The van der Waals surface area contributed by atoms with Gasteiger partial charge in [-0.2, -0.15) is 0 Å². The fourth-order valence-corrected chi connectivity index (χ4v) is 1.70. The van der Waals surface area contributed by atoms with Crippen LogP contribution < -0.4 is 9.47 Å². The van der Waals surface area contributed by atoms with Crippen LogP contribution in [-0.4, -0.2) is 14.2 Å². The maximum absolute atomic E-state index is 5.33. The Morgan fingerprint density at radius 2 is 1.65 bits per heavy atom. The molecule has 0 aliphatic rings. The zero-order valence-electron chi connectivity index (χ0n) is 10.4. The highest BCUT2D eigenvalue weighted by Gasteiger charge is 2.13. The maximum Gasteiger partial charge on any atom is 0.126 e. The molecular formula is C14H18O3. The van der Waals surface area contributed by atoms with E-state index in [0.717, 1.165) is 22.6 Å². The van der Waals surface area contributed by atoms with Crippen molar-refractivity contribution in [3.63, 3.8) is 0 Å². The Morgan fingerprint density at radius 1 is 1.06 bits per heavy atom. The Kier molecular flexibility index (Phi) is 5.14. The lowest BCUT2D eigenvalue weighted by Gasteiger charge is -2.16. The van der Waals surface area contributed by atoms with Gasteiger partial charge in [-0.05, 0) is 18.6 Å². The van der Waals surface area contributed by atoms with Crippen LogP contribution in [0.1, 0.15) is 11.1 Å². The second-order valence-corrected chi connectivity index (χ2v) is 3.40. The van der Waals surface area contributed by atoms with E-state index in [4.69, 9.17) is 14.2 Å². The van der Waals surface area contributed by atoms with Gasteiger partial charge < -0.3 is 14.2 Å². The normalized spacial score (nSPS) is 9.53. The second kappa shape index (κ2) is 6.63. The minimum absolute atomic E-state index is 0.410. The second-order valence-electron chi connectivity index (χ2n) is 3.40. The first kappa shape index (κ1) is 13.2. The Morgan fingerprint density at radius 3 is 2.12 bits per heavy atom. The lowest BCUT2D eigenvalue weighted by molar-refractivity contribution is 0.231. The summed E-state index contributed by atoms with van der Waals surface area (Å²) in [6.45, 7) is 7.70. The minimum atomic E-state index is 0.410. The van der Waals surface area contributed by atoms with E-state index in [9.17, 15) is 0 Å². The molecule has 0 amide bonds. The van der Waals surface area contributed by atoms with Crippen molar-refractivity contribution in [3.8, 4) is 11.5 Å². The summed E-state index contributed by atoms with van der Waals surface area (Å²) >= 11 is 0. The molecule has 0 fully saturated rings. The topological polar surface area (TPSA) is 27.7 Å². The van der Waals surface area contributed by atoms with E-state index in [0.29, 0.717) is 13.0 Å². The van der Waals surface area contributed by atoms with Crippen molar-refractivity contribution in [1.29, 1.82) is 0 Å². The van der Waals surface area contributed by atoms with Crippen LogP contribution in [-0.2, 0) is 17.8 Å². The van der Waals surface area contributed by atoms with Crippen molar-refractivity contribution in [1.82, 2.24) is 0 Å². The molecule has 17 heavy (non-hydrogen) atoms. The van der Waals surface area contributed by atoms with Crippen molar-refractivity contribution in [3.05, 3.63) is 48.8 Å². The standard InChI is InChI=1S/C14H18O3/c1-5-7-11-12(10-17-6-2)14(16-4)9-8-13(11)15-3/h5-6,8-9H,1-2,7,10H2,3-4H3. The molecule has 3 heteroatoms. The average molecular weight is 234 g/mol. The van der Waals surface area contributed by atoms with Gasteiger partial charge in [-0.1, -0.05) is 12.7 Å². The molecule has 0 unspecified atom stereocenters. The van der Waals surface area contributed by atoms with Gasteiger partial charge in [-0.3, -0.25) is 0 Å². The number of allylic oxidation sites excluding steroid dienone is 1. The monoisotopic (exact) mass is 234 g/mol. The number of hydrogen-bond donors (Lipinski definition) is 0. The first-order valence-electron chi connectivity index (χ1n) is 5.34. The van der Waals surface area contributed by atoms with Crippen LogP contribution in [0.5, 0.6) is 11.5 Å². The van der Waals surface area contributed by atoms with Crippen molar-refractivity contribution in [2.45, 2.75) is 13.0 Å². The van der Waals surface area contributed by atoms with Gasteiger partial charge >= 0.3 is 0 Å². The van der Waals surface area contributed by atoms with Gasteiger partial charge in [0.1, 0.15) is 18.1 Å². The summed E-state index contributed by atoms with van der Waals surface area (Å²) in [6.07, 6.45) is 3.95. The Hall–Kier alpha value is -1.90. The molecule has 0 bridgehead atoms. The fourth-order valence-electron chi connectivity index (χ4n) is 1.70. The third-order valence-corrected chi connectivity index (χ3v) is 2.48. The zero-order chi connectivity index (χ0) is 12.7. The summed E-state index contributed by atoms with van der Waals surface area (Å²) in [5.74, 6) is 1.60. The number of hydrogen-bond acceptors (Lipinski definition) is 3. The summed E-state index contributed by atoms with van der Waals surface area (Å²) in [5.41, 5.74) is 2.00. The van der Waals surface area contributed by atoms with Crippen molar-refractivity contribution < 1.29 is 14.2 Å². The molecule has 92 valence electrons. The Labute approximate surface area is 102 Å². The van der Waals surface area contributed by atoms with Crippen LogP contribution in [0.3, 0.4) is 0 Å². The van der Waals surface area contributed by atoms with Crippen molar-refractivity contribution >= 4 is 0 Å². The highest BCUT2D eigenvalue weighted by molar-refractivity contribution is 5.49. The summed E-state index contributed by atoms with van der Waals surface area (Å²) < 4.78 is 15.9. The molecule has 0 aliphatic heterocycles. The van der Waals surface area contributed by atoms with Crippen molar-refractivity contribution in [2.75, 3.05) is 14.2 Å². The molecule has 0 aliphatic carbocycles. The maximum atomic E-state index is 5.33. The largest absolute Gasteiger partial charge is 0.497 e. The molecule has 0 atom stereocenters. The summed E-state index contributed by atoms with van der Waals surface area (Å²) in [4.78, 5) is 0. The molecule has 0 saturated carbocycles. The third kappa shape index (κ3) is 3.03. The summed E-state index contributed by atoms with van der Waals surface area (Å²) in [6, 6.07) is 3.75. The SMILES string of the molecule is C=CCc1c(OC)ccc(OC)c1COC=C. The van der Waals surface area contributed by atoms with E-state index < -0.39 is 0 Å². The van der Waals surface area contributed by atoms with Gasteiger partial charge in [0.05, 0.1) is 20.5 Å². The van der Waals surface area contributed by atoms with E-state index in [1.807, 2.05) is 18.2 Å². The zero-order valence-corrected chi connectivity index (χ0v) is 10.4. The van der Waals surface area contributed by atoms with Gasteiger partial charge in [-0.25, -0.2) is 0 Å². The number of ether oxygens (including phenoxy) is 3. The van der Waals surface area contributed by atoms with Crippen molar-refractivity contribution in [2.24, 2.45) is 0 Å². The molecule has 1 rings (SSSR count). The van der Waals surface area contributed by atoms with E-state index in [-0.39, 0.29) is 0 Å². The van der Waals surface area contributed by atoms with E-state index >= 15 is 0 Å². The number of benzene rings is 1. The molecule has 1 aromatic rings. The van der Waals surface area contributed by atoms with Gasteiger partial charge in [0.15, 0.2) is 0 Å². The lowest BCUT2D eigenvalue weighted by Crippen LogP contribution is -2.02. The fraction of sp³-hybridized carbons (Fsp3) is 0.286. The number of methoxy groups -OCH3 is 2. The summed E-state index contributed by atoms with van der Waals surface area (Å²) in [5, 5.41) is 0. The average Bonchev–Trinajstić information content (AvgIpc) is 2.37. The Bertz CT molecular complexity index is 397.